The summed E-state index contributed by atoms with van der Waals surface area (Å²) in [5.41, 5.74) is 0. The maximum atomic E-state index is 5.04. The van der Waals surface area contributed by atoms with Gasteiger partial charge >= 0.3 is 23.1 Å². The van der Waals surface area contributed by atoms with Crippen LogP contribution in [0, 0.1) is 6.42 Å². The molecule has 1 heterocycles. The molecule has 0 aromatic rings. The molecule has 1 rings (SSSR count). The Balaban J connectivity index is -0.000000136. The van der Waals surface area contributed by atoms with E-state index in [2.05, 4.69) is 6.42 Å². The molecule has 1 fully saturated rings. The molecule has 0 bridgehead atoms. The fourth-order valence-electron chi connectivity index (χ4n) is 0.784. The van der Waals surface area contributed by atoms with E-state index in [9.17, 15) is 0 Å². The fourth-order valence-corrected chi connectivity index (χ4v) is 0.784. The van der Waals surface area contributed by atoms with Crippen LogP contribution in [0.15, 0.2) is 0 Å². The maximum absolute atomic E-state index is 5.04. The first-order valence-electron chi connectivity index (χ1n) is 4.39. The Morgan fingerprint density at radius 1 is 1.15 bits per heavy atom. The Bertz CT molecular complexity index is 57.1. The quantitative estimate of drug-likeness (QED) is 0.454. The normalized spacial score (nSPS) is 14.3. The van der Waals surface area contributed by atoms with Crippen LogP contribution in [-0.2, 0) is 9.47 Å². The van der Waals surface area contributed by atoms with Crippen molar-refractivity contribution in [3.63, 3.8) is 0 Å². The number of hydrogen-bond donors (Lipinski definition) is 0. The molecule has 0 radical (unpaired) electrons. The van der Waals surface area contributed by atoms with E-state index < -0.39 is 0 Å². The summed E-state index contributed by atoms with van der Waals surface area (Å²) in [6, 6.07) is 0. The third-order valence-electron chi connectivity index (χ3n) is 1.34. The molecule has 13 heavy (non-hydrogen) atoms. The summed E-state index contributed by atoms with van der Waals surface area (Å²) in [5.74, 6) is 0. The molecule has 0 N–H and O–H groups in total. The summed E-state index contributed by atoms with van der Waals surface area (Å²) in [6.45, 7) is 7.56. The molecule has 0 aromatic carbocycles. The summed E-state index contributed by atoms with van der Waals surface area (Å²) < 4.78 is 9.87. The second kappa shape index (κ2) is 18.9. The van der Waals surface area contributed by atoms with Crippen molar-refractivity contribution in [1.29, 1.82) is 0 Å². The average molecular weight is 263 g/mol. The van der Waals surface area contributed by atoms with Crippen molar-refractivity contribution in [1.82, 2.24) is 0 Å². The van der Waals surface area contributed by atoms with Crippen molar-refractivity contribution in [3.8, 4) is 0 Å². The Morgan fingerprint density at radius 2 is 1.62 bits per heavy atom. The molecule has 1 saturated heterocycles. The Morgan fingerprint density at radius 3 is 1.69 bits per heavy atom. The van der Waals surface area contributed by atoms with Gasteiger partial charge in [-0.15, -0.1) is 0 Å². The van der Waals surface area contributed by atoms with E-state index in [1.54, 1.807) is 0 Å². The minimum atomic E-state index is 0. The van der Waals surface area contributed by atoms with E-state index in [1.807, 2.05) is 13.8 Å². The minimum Gasteiger partial charge on any atom is -1.00 e. The maximum Gasteiger partial charge on any atom is 2.00 e. The molecule has 0 aromatic heterocycles. The van der Waals surface area contributed by atoms with Gasteiger partial charge in [-0.25, -0.2) is 0 Å². The van der Waals surface area contributed by atoms with Crippen molar-refractivity contribution in [2.24, 2.45) is 0 Å². The van der Waals surface area contributed by atoms with E-state index in [-0.39, 0.29) is 40.0 Å². The van der Waals surface area contributed by atoms with Gasteiger partial charge in [0.15, 0.2) is 0 Å². The van der Waals surface area contributed by atoms with Gasteiger partial charge in [0.05, 0.1) is 0 Å². The predicted molar refractivity (Wildman–Crippen MR) is 52.3 cm³/mol. The van der Waals surface area contributed by atoms with Crippen LogP contribution in [-0.4, -0.2) is 49.5 Å². The molecule has 1 aliphatic heterocycles. The molecule has 4 heteroatoms. The Labute approximate surface area is 109 Å². The predicted octanol–water partition coefficient (Wildman–Crippen LogP) is -1.33. The van der Waals surface area contributed by atoms with Gasteiger partial charge in [0.25, 0.3) is 0 Å². The molecule has 1 aliphatic rings. The molecular weight excluding hydrogens is 244 g/mol. The van der Waals surface area contributed by atoms with Crippen LogP contribution >= 0.6 is 0 Å². The van der Waals surface area contributed by atoms with Crippen LogP contribution < -0.4 is 17.0 Å². The molecule has 0 aliphatic carbocycles. The van der Waals surface area contributed by atoms with Gasteiger partial charge in [0, 0.05) is 26.4 Å². The van der Waals surface area contributed by atoms with Gasteiger partial charge in [0.1, 0.15) is 0 Å². The topological polar surface area (TPSA) is 18.5 Å². The van der Waals surface area contributed by atoms with Crippen molar-refractivity contribution in [3.05, 3.63) is 6.42 Å². The van der Waals surface area contributed by atoms with Gasteiger partial charge < -0.3 is 32.9 Å². The molecule has 76 valence electrons. The molecule has 0 amide bonds. The Kier molecular flexibility index (Phi) is 28.6. The van der Waals surface area contributed by atoms with E-state index in [0.29, 0.717) is 0 Å². The van der Waals surface area contributed by atoms with Crippen LogP contribution in [0.1, 0.15) is 26.7 Å². The van der Waals surface area contributed by atoms with Crippen LogP contribution in [0.25, 0.3) is 0 Å². The standard InChI is InChI=1S/C5H9O.C4H10O.BrH.Mg/c1-2-4-6-5-3-1;1-3-5-4-2;;/h1H,2-5H2;3-4H2,1-2H3;1H;/q-1;;;+2/p-1. The number of rotatable bonds is 2. The fraction of sp³-hybridized carbons (Fsp3) is 0.889. The summed E-state index contributed by atoms with van der Waals surface area (Å²) in [7, 11) is 0. The van der Waals surface area contributed by atoms with Gasteiger partial charge in [-0.05, 0) is 13.8 Å². The minimum absolute atomic E-state index is 0. The van der Waals surface area contributed by atoms with Crippen LogP contribution in [0.4, 0.5) is 0 Å². The van der Waals surface area contributed by atoms with E-state index >= 15 is 0 Å². The molecule has 0 spiro atoms. The third-order valence-corrected chi connectivity index (χ3v) is 1.34. The van der Waals surface area contributed by atoms with Crippen molar-refractivity contribution < 1.29 is 26.5 Å². The molecule has 0 saturated carbocycles. The van der Waals surface area contributed by atoms with Gasteiger partial charge in [-0.1, -0.05) is 0 Å². The van der Waals surface area contributed by atoms with Gasteiger partial charge in [-0.2, -0.15) is 12.8 Å². The van der Waals surface area contributed by atoms with Crippen LogP contribution in [0.2, 0.25) is 0 Å². The van der Waals surface area contributed by atoms with Crippen molar-refractivity contribution in [2.45, 2.75) is 26.7 Å². The van der Waals surface area contributed by atoms with E-state index in [0.717, 1.165) is 39.3 Å². The second-order valence-electron chi connectivity index (χ2n) is 2.26. The van der Waals surface area contributed by atoms with Crippen molar-refractivity contribution >= 4 is 23.1 Å². The number of hydrogen-bond acceptors (Lipinski definition) is 2. The summed E-state index contributed by atoms with van der Waals surface area (Å²) in [6.07, 6.45) is 4.57. The van der Waals surface area contributed by atoms with Crippen LogP contribution in [0.3, 0.4) is 0 Å². The van der Waals surface area contributed by atoms with Gasteiger partial charge in [0.2, 0.25) is 0 Å². The summed E-state index contributed by atoms with van der Waals surface area (Å²) in [4.78, 5) is 0. The summed E-state index contributed by atoms with van der Waals surface area (Å²) >= 11 is 0. The van der Waals surface area contributed by atoms with E-state index in [1.165, 1.54) is 0 Å². The first-order chi connectivity index (χ1) is 5.41. The molecule has 2 nitrogen and oxygen atoms in total. The summed E-state index contributed by atoms with van der Waals surface area (Å²) in [5, 5.41) is 0. The monoisotopic (exact) mass is 262 g/mol. The first kappa shape index (κ1) is 19.7. The van der Waals surface area contributed by atoms with Crippen molar-refractivity contribution in [2.75, 3.05) is 26.4 Å². The molecule has 0 atom stereocenters. The smallest absolute Gasteiger partial charge is 1.00 e. The third kappa shape index (κ3) is 19.5. The average Bonchev–Trinajstić information content (AvgIpc) is 2.10. The molecule has 0 unspecified atom stereocenters. The molecular formula is C9H19BrMgO2. The van der Waals surface area contributed by atoms with Gasteiger partial charge in [-0.3, -0.25) is 0 Å². The Hall–Kier alpha value is 1.17. The first-order valence-corrected chi connectivity index (χ1v) is 4.39. The second-order valence-corrected chi connectivity index (χ2v) is 2.26. The number of halogens is 1. The van der Waals surface area contributed by atoms with E-state index in [4.69, 9.17) is 9.47 Å². The number of ether oxygens (including phenoxy) is 2. The largest absolute Gasteiger partial charge is 2.00 e. The zero-order valence-corrected chi connectivity index (χ0v) is 11.7. The zero-order valence-electron chi connectivity index (χ0n) is 8.72. The SMILES string of the molecule is CCOCC.[Br-].[CH-]1CCOCC1.[Mg+2]. The zero-order chi connectivity index (χ0) is 8.36. The van der Waals surface area contributed by atoms with Crippen LogP contribution in [0.5, 0.6) is 0 Å².